The molecule has 150 valence electrons. The average Bonchev–Trinajstić information content (AvgIpc) is 2.73. The summed E-state index contributed by atoms with van der Waals surface area (Å²) >= 11 is 0. The van der Waals surface area contributed by atoms with Crippen LogP contribution in [-0.2, 0) is 16.6 Å². The Morgan fingerprint density at radius 2 is 2.04 bits per heavy atom. The monoisotopic (exact) mass is 403 g/mol. The molecular formula is C19H25N5O3S. The zero-order valence-electron chi connectivity index (χ0n) is 15.5. The van der Waals surface area contributed by atoms with Crippen molar-refractivity contribution in [2.45, 2.75) is 24.3 Å². The van der Waals surface area contributed by atoms with E-state index in [1.54, 1.807) is 30.6 Å². The zero-order valence-corrected chi connectivity index (χ0v) is 16.3. The first-order valence-corrected chi connectivity index (χ1v) is 10.8. The fourth-order valence-corrected chi connectivity index (χ4v) is 4.10. The number of piperidine rings is 1. The smallest absolute Gasteiger partial charge is 0.319 e. The van der Waals surface area contributed by atoms with E-state index in [0.717, 1.165) is 31.5 Å². The summed E-state index contributed by atoms with van der Waals surface area (Å²) < 4.78 is 27.5. The molecule has 1 unspecified atom stereocenters. The number of rotatable bonds is 7. The molecule has 8 nitrogen and oxygen atoms in total. The maximum Gasteiger partial charge on any atom is 0.319 e. The lowest BCUT2D eigenvalue weighted by Gasteiger charge is -2.22. The highest BCUT2D eigenvalue weighted by Gasteiger charge is 2.18. The number of amides is 2. The molecule has 1 fully saturated rings. The largest absolute Gasteiger partial charge is 0.334 e. The molecule has 2 aromatic rings. The van der Waals surface area contributed by atoms with E-state index in [2.05, 4.69) is 25.7 Å². The van der Waals surface area contributed by atoms with Crippen molar-refractivity contribution in [1.29, 1.82) is 0 Å². The number of carbonyl (C=O) groups excluding carboxylic acids is 1. The van der Waals surface area contributed by atoms with Crippen LogP contribution in [0.4, 0.5) is 10.5 Å². The molecule has 4 N–H and O–H groups in total. The van der Waals surface area contributed by atoms with Gasteiger partial charge in [0, 0.05) is 31.2 Å². The van der Waals surface area contributed by atoms with Crippen molar-refractivity contribution in [2.75, 3.05) is 25.0 Å². The van der Waals surface area contributed by atoms with Crippen molar-refractivity contribution in [3.63, 3.8) is 0 Å². The van der Waals surface area contributed by atoms with Gasteiger partial charge in [0.15, 0.2) is 0 Å². The minimum atomic E-state index is -3.56. The van der Waals surface area contributed by atoms with Gasteiger partial charge in [-0.05, 0) is 67.7 Å². The third kappa shape index (κ3) is 6.01. The topological polar surface area (TPSA) is 112 Å². The van der Waals surface area contributed by atoms with Crippen LogP contribution in [0.3, 0.4) is 0 Å². The normalized spacial score (nSPS) is 17.1. The Balaban J connectivity index is 1.49. The van der Waals surface area contributed by atoms with Gasteiger partial charge in [-0.1, -0.05) is 6.07 Å². The molecule has 0 spiro atoms. The molecule has 1 saturated heterocycles. The van der Waals surface area contributed by atoms with Gasteiger partial charge in [0.25, 0.3) is 0 Å². The average molecular weight is 404 g/mol. The number of hydrogen-bond acceptors (Lipinski definition) is 5. The van der Waals surface area contributed by atoms with E-state index in [4.69, 9.17) is 0 Å². The number of pyridine rings is 1. The fraction of sp³-hybridized carbons (Fsp3) is 0.368. The summed E-state index contributed by atoms with van der Waals surface area (Å²) in [4.78, 5) is 16.1. The van der Waals surface area contributed by atoms with E-state index in [1.807, 2.05) is 6.07 Å². The van der Waals surface area contributed by atoms with Crippen LogP contribution in [0.15, 0.2) is 53.7 Å². The van der Waals surface area contributed by atoms with E-state index in [1.165, 1.54) is 12.1 Å². The van der Waals surface area contributed by atoms with Crippen molar-refractivity contribution in [3.8, 4) is 0 Å². The maximum atomic E-state index is 12.4. The van der Waals surface area contributed by atoms with E-state index in [-0.39, 0.29) is 10.9 Å². The van der Waals surface area contributed by atoms with Crippen LogP contribution in [0.2, 0.25) is 0 Å². The minimum Gasteiger partial charge on any atom is -0.334 e. The summed E-state index contributed by atoms with van der Waals surface area (Å²) in [6.07, 6.45) is 5.43. The summed E-state index contributed by atoms with van der Waals surface area (Å²) in [7, 11) is -3.56. The standard InChI is InChI=1S/C19H25N5O3S/c25-19(22-13-15-3-1-9-20-11-15)24-17-5-7-18(8-6-17)28(26,27)23-14-16-4-2-10-21-12-16/h1,3,5-9,11,16,21,23H,2,4,10,12-14H2,(H2,22,24,25). The molecule has 2 amide bonds. The zero-order chi connectivity index (χ0) is 19.8. The molecular weight excluding hydrogens is 378 g/mol. The number of anilines is 1. The third-order valence-corrected chi connectivity index (χ3v) is 6.00. The quantitative estimate of drug-likeness (QED) is 0.562. The van der Waals surface area contributed by atoms with Gasteiger partial charge in [-0.25, -0.2) is 17.9 Å². The van der Waals surface area contributed by atoms with E-state index < -0.39 is 10.0 Å². The Kier molecular flexibility index (Phi) is 6.96. The summed E-state index contributed by atoms with van der Waals surface area (Å²) in [6.45, 7) is 2.60. The van der Waals surface area contributed by atoms with Gasteiger partial charge in [0.05, 0.1) is 4.90 Å². The first-order valence-electron chi connectivity index (χ1n) is 9.27. The van der Waals surface area contributed by atoms with Crippen LogP contribution < -0.4 is 20.7 Å². The second-order valence-corrected chi connectivity index (χ2v) is 8.52. The number of benzene rings is 1. The summed E-state index contributed by atoms with van der Waals surface area (Å²) in [5.41, 5.74) is 1.40. The van der Waals surface area contributed by atoms with Gasteiger partial charge >= 0.3 is 6.03 Å². The molecule has 1 aromatic carbocycles. The number of nitrogens with zero attached hydrogens (tertiary/aromatic N) is 1. The van der Waals surface area contributed by atoms with Crippen LogP contribution in [0.5, 0.6) is 0 Å². The number of nitrogens with one attached hydrogen (secondary N) is 4. The van der Waals surface area contributed by atoms with Crippen molar-refractivity contribution < 1.29 is 13.2 Å². The number of hydrogen-bond donors (Lipinski definition) is 4. The van der Waals surface area contributed by atoms with Crippen molar-refractivity contribution in [2.24, 2.45) is 5.92 Å². The summed E-state index contributed by atoms with van der Waals surface area (Å²) in [5, 5.41) is 8.68. The Labute approximate surface area is 165 Å². The van der Waals surface area contributed by atoms with Gasteiger partial charge in [0.1, 0.15) is 0 Å². The van der Waals surface area contributed by atoms with E-state index in [9.17, 15) is 13.2 Å². The van der Waals surface area contributed by atoms with Crippen LogP contribution in [0.25, 0.3) is 0 Å². The van der Waals surface area contributed by atoms with E-state index in [0.29, 0.717) is 24.7 Å². The molecule has 1 aliphatic heterocycles. The molecule has 1 aliphatic rings. The maximum absolute atomic E-state index is 12.4. The fourth-order valence-electron chi connectivity index (χ4n) is 2.99. The Hall–Kier alpha value is -2.49. The van der Waals surface area contributed by atoms with Crippen LogP contribution in [0, 0.1) is 5.92 Å². The van der Waals surface area contributed by atoms with Gasteiger partial charge in [0.2, 0.25) is 10.0 Å². The highest BCUT2D eigenvalue weighted by atomic mass is 32.2. The Morgan fingerprint density at radius 3 is 2.71 bits per heavy atom. The lowest BCUT2D eigenvalue weighted by atomic mass is 10.0. The van der Waals surface area contributed by atoms with Crippen LogP contribution >= 0.6 is 0 Å². The lowest BCUT2D eigenvalue weighted by Crippen LogP contribution is -2.38. The lowest BCUT2D eigenvalue weighted by molar-refractivity contribution is 0.251. The molecule has 0 saturated carbocycles. The summed E-state index contributed by atoms with van der Waals surface area (Å²) in [5.74, 6) is 0.313. The molecule has 28 heavy (non-hydrogen) atoms. The predicted molar refractivity (Wildman–Crippen MR) is 107 cm³/mol. The van der Waals surface area contributed by atoms with Crippen molar-refractivity contribution in [1.82, 2.24) is 20.3 Å². The van der Waals surface area contributed by atoms with Gasteiger partial charge in [-0.2, -0.15) is 0 Å². The van der Waals surface area contributed by atoms with Gasteiger partial charge < -0.3 is 16.0 Å². The van der Waals surface area contributed by atoms with Crippen molar-refractivity contribution in [3.05, 3.63) is 54.4 Å². The molecule has 0 bridgehead atoms. The molecule has 3 rings (SSSR count). The van der Waals surface area contributed by atoms with Gasteiger partial charge in [-0.3, -0.25) is 4.98 Å². The third-order valence-electron chi connectivity index (χ3n) is 4.56. The van der Waals surface area contributed by atoms with Crippen LogP contribution in [0.1, 0.15) is 18.4 Å². The Morgan fingerprint density at radius 1 is 1.21 bits per heavy atom. The van der Waals surface area contributed by atoms with Crippen molar-refractivity contribution >= 4 is 21.7 Å². The molecule has 9 heteroatoms. The minimum absolute atomic E-state index is 0.178. The first kappa shape index (κ1) is 20.2. The molecule has 2 heterocycles. The predicted octanol–water partition coefficient (Wildman–Crippen LogP) is 1.68. The second kappa shape index (κ2) is 9.63. The number of aromatic nitrogens is 1. The number of carbonyl (C=O) groups is 1. The van der Waals surface area contributed by atoms with Crippen LogP contribution in [-0.4, -0.2) is 39.1 Å². The number of urea groups is 1. The SMILES string of the molecule is O=C(NCc1cccnc1)Nc1ccc(S(=O)(=O)NCC2CCCNC2)cc1. The van der Waals surface area contributed by atoms with E-state index >= 15 is 0 Å². The first-order chi connectivity index (χ1) is 13.5. The molecule has 0 radical (unpaired) electrons. The summed E-state index contributed by atoms with van der Waals surface area (Å²) in [6, 6.07) is 9.40. The highest BCUT2D eigenvalue weighted by Crippen LogP contribution is 2.15. The number of sulfonamides is 1. The van der Waals surface area contributed by atoms with Gasteiger partial charge in [-0.15, -0.1) is 0 Å². The molecule has 0 aliphatic carbocycles. The molecule has 1 aromatic heterocycles. The second-order valence-electron chi connectivity index (χ2n) is 6.76. The highest BCUT2D eigenvalue weighted by molar-refractivity contribution is 7.89. The molecule has 1 atom stereocenters. The Bertz CT molecular complexity index is 866.